The highest BCUT2D eigenvalue weighted by Gasteiger charge is 2.07. The van der Waals surface area contributed by atoms with Crippen molar-refractivity contribution in [3.05, 3.63) is 82.9 Å². The van der Waals surface area contributed by atoms with Crippen LogP contribution in [0, 0.1) is 18.3 Å². The monoisotopic (exact) mass is 376 g/mol. The summed E-state index contributed by atoms with van der Waals surface area (Å²) in [7, 11) is 0. The summed E-state index contributed by atoms with van der Waals surface area (Å²) in [5.41, 5.74) is 4.30. The van der Waals surface area contributed by atoms with Crippen LogP contribution in [0.5, 0.6) is 5.75 Å². The Bertz CT molecular complexity index is 990. The van der Waals surface area contributed by atoms with Gasteiger partial charge in [0.05, 0.1) is 10.6 Å². The Morgan fingerprint density at radius 1 is 1.04 bits per heavy atom. The third kappa shape index (κ3) is 4.87. The Morgan fingerprint density at radius 3 is 2.26 bits per heavy atom. The number of carbonyl (C=O) groups is 1. The molecule has 0 aliphatic heterocycles. The first-order chi connectivity index (χ1) is 13.0. The van der Waals surface area contributed by atoms with E-state index in [1.807, 2.05) is 30.3 Å². The molecule has 0 saturated carbocycles. The Labute approximate surface area is 163 Å². The highest BCUT2D eigenvalue weighted by molar-refractivity contribution is 6.32. The number of ether oxygens (including phenoxy) is 1. The maximum absolute atomic E-state index is 12.0. The van der Waals surface area contributed by atoms with E-state index in [-0.39, 0.29) is 12.5 Å². The average molecular weight is 377 g/mol. The molecule has 3 aromatic rings. The van der Waals surface area contributed by atoms with Gasteiger partial charge >= 0.3 is 0 Å². The van der Waals surface area contributed by atoms with Gasteiger partial charge in [0.25, 0.3) is 5.91 Å². The molecular formula is C22H17ClN2O2. The summed E-state index contributed by atoms with van der Waals surface area (Å²) < 4.78 is 5.53. The van der Waals surface area contributed by atoms with Crippen LogP contribution in [0.2, 0.25) is 5.02 Å². The number of nitrogens with one attached hydrogen (secondary N) is 1. The third-order valence-corrected chi connectivity index (χ3v) is 4.30. The van der Waals surface area contributed by atoms with Gasteiger partial charge in [-0.1, -0.05) is 53.6 Å². The van der Waals surface area contributed by atoms with E-state index in [1.165, 1.54) is 11.6 Å². The second kappa shape index (κ2) is 8.39. The molecule has 0 fully saturated rings. The number of anilines is 1. The van der Waals surface area contributed by atoms with Crippen molar-refractivity contribution >= 4 is 23.2 Å². The molecule has 0 saturated heterocycles. The van der Waals surface area contributed by atoms with E-state index >= 15 is 0 Å². The van der Waals surface area contributed by atoms with Gasteiger partial charge in [-0.3, -0.25) is 4.79 Å². The SMILES string of the molecule is Cc1ccc(-c2ccc(OCC(=O)Nc3ccc(C#N)c(Cl)c3)cc2)cc1. The zero-order valence-corrected chi connectivity index (χ0v) is 15.5. The smallest absolute Gasteiger partial charge is 0.262 e. The molecule has 0 aliphatic rings. The van der Waals surface area contributed by atoms with Crippen LogP contribution in [0.15, 0.2) is 66.7 Å². The van der Waals surface area contributed by atoms with E-state index in [9.17, 15) is 4.79 Å². The average Bonchev–Trinajstić information content (AvgIpc) is 2.68. The lowest BCUT2D eigenvalue weighted by molar-refractivity contribution is -0.118. The maximum atomic E-state index is 12.0. The van der Waals surface area contributed by atoms with E-state index in [1.54, 1.807) is 12.1 Å². The number of hydrogen-bond donors (Lipinski definition) is 1. The van der Waals surface area contributed by atoms with Crippen LogP contribution >= 0.6 is 11.6 Å². The van der Waals surface area contributed by atoms with E-state index in [0.29, 0.717) is 22.0 Å². The number of carbonyl (C=O) groups excluding carboxylic acids is 1. The molecule has 0 aromatic heterocycles. The number of amides is 1. The Morgan fingerprint density at radius 2 is 1.67 bits per heavy atom. The molecule has 1 amide bonds. The second-order valence-electron chi connectivity index (χ2n) is 6.03. The summed E-state index contributed by atoms with van der Waals surface area (Å²) in [6.45, 7) is 1.93. The molecule has 0 atom stereocenters. The van der Waals surface area contributed by atoms with Gasteiger partial charge in [0.15, 0.2) is 6.61 Å². The fraction of sp³-hybridized carbons (Fsp3) is 0.0909. The van der Waals surface area contributed by atoms with Crippen molar-refractivity contribution in [3.63, 3.8) is 0 Å². The highest BCUT2D eigenvalue weighted by Crippen LogP contribution is 2.23. The van der Waals surface area contributed by atoms with Crippen LogP contribution in [0.4, 0.5) is 5.69 Å². The molecule has 0 spiro atoms. The van der Waals surface area contributed by atoms with Crippen LogP contribution in [-0.2, 0) is 4.79 Å². The first-order valence-electron chi connectivity index (χ1n) is 8.34. The van der Waals surface area contributed by atoms with E-state index in [4.69, 9.17) is 21.6 Å². The van der Waals surface area contributed by atoms with Gasteiger partial charge in [-0.2, -0.15) is 5.26 Å². The molecule has 0 bridgehead atoms. The zero-order chi connectivity index (χ0) is 19.2. The number of benzene rings is 3. The lowest BCUT2D eigenvalue weighted by Gasteiger charge is -2.09. The molecule has 3 aromatic carbocycles. The molecule has 4 nitrogen and oxygen atoms in total. The van der Waals surface area contributed by atoms with E-state index in [2.05, 4.69) is 36.5 Å². The first kappa shape index (κ1) is 18.5. The van der Waals surface area contributed by atoms with Crippen molar-refractivity contribution in [1.29, 1.82) is 5.26 Å². The predicted molar refractivity (Wildman–Crippen MR) is 107 cm³/mol. The van der Waals surface area contributed by atoms with Gasteiger partial charge in [-0.25, -0.2) is 0 Å². The standard InChI is InChI=1S/C22H17ClN2O2/c1-15-2-4-16(5-3-15)17-7-10-20(11-8-17)27-14-22(26)25-19-9-6-18(13-24)21(23)12-19/h2-12H,14H2,1H3,(H,25,26). The fourth-order valence-electron chi connectivity index (χ4n) is 2.52. The molecule has 27 heavy (non-hydrogen) atoms. The molecular weight excluding hydrogens is 360 g/mol. The molecule has 0 aliphatic carbocycles. The molecule has 5 heteroatoms. The van der Waals surface area contributed by atoms with Crippen molar-refractivity contribution in [2.75, 3.05) is 11.9 Å². The quantitative estimate of drug-likeness (QED) is 0.665. The summed E-state index contributed by atoms with van der Waals surface area (Å²) in [5.74, 6) is 0.303. The summed E-state index contributed by atoms with van der Waals surface area (Å²) in [6, 6.07) is 22.6. The van der Waals surface area contributed by atoms with Crippen LogP contribution in [0.1, 0.15) is 11.1 Å². The number of nitriles is 1. The number of hydrogen-bond acceptors (Lipinski definition) is 3. The van der Waals surface area contributed by atoms with Gasteiger partial charge in [0.2, 0.25) is 0 Å². The van der Waals surface area contributed by atoms with Gasteiger partial charge in [0, 0.05) is 5.69 Å². The predicted octanol–water partition coefficient (Wildman–Crippen LogP) is 5.20. The number of nitrogens with zero attached hydrogens (tertiary/aromatic N) is 1. The highest BCUT2D eigenvalue weighted by atomic mass is 35.5. The van der Waals surface area contributed by atoms with E-state index < -0.39 is 0 Å². The van der Waals surface area contributed by atoms with Crippen LogP contribution in [0.25, 0.3) is 11.1 Å². The summed E-state index contributed by atoms with van der Waals surface area (Å²) in [4.78, 5) is 12.0. The lowest BCUT2D eigenvalue weighted by Crippen LogP contribution is -2.20. The second-order valence-corrected chi connectivity index (χ2v) is 6.44. The van der Waals surface area contributed by atoms with Crippen LogP contribution < -0.4 is 10.1 Å². The largest absolute Gasteiger partial charge is 0.484 e. The van der Waals surface area contributed by atoms with Crippen molar-refractivity contribution in [2.45, 2.75) is 6.92 Å². The Hall–Kier alpha value is -3.29. The summed E-state index contributed by atoms with van der Waals surface area (Å²) >= 11 is 5.95. The summed E-state index contributed by atoms with van der Waals surface area (Å²) in [5, 5.41) is 11.8. The van der Waals surface area contributed by atoms with Crippen molar-refractivity contribution < 1.29 is 9.53 Å². The maximum Gasteiger partial charge on any atom is 0.262 e. The molecule has 134 valence electrons. The minimum Gasteiger partial charge on any atom is -0.484 e. The normalized spacial score (nSPS) is 10.1. The minimum atomic E-state index is -0.307. The van der Waals surface area contributed by atoms with Crippen molar-refractivity contribution in [1.82, 2.24) is 0 Å². The number of halogens is 1. The van der Waals surface area contributed by atoms with E-state index in [0.717, 1.165) is 11.1 Å². The molecule has 0 heterocycles. The van der Waals surface area contributed by atoms with Gasteiger partial charge in [0.1, 0.15) is 11.8 Å². The van der Waals surface area contributed by atoms with Crippen molar-refractivity contribution in [3.8, 4) is 22.9 Å². The topological polar surface area (TPSA) is 62.1 Å². The minimum absolute atomic E-state index is 0.124. The first-order valence-corrected chi connectivity index (χ1v) is 8.72. The Kier molecular flexibility index (Phi) is 5.75. The number of rotatable bonds is 5. The van der Waals surface area contributed by atoms with Crippen molar-refractivity contribution in [2.24, 2.45) is 0 Å². The molecule has 0 radical (unpaired) electrons. The lowest BCUT2D eigenvalue weighted by atomic mass is 10.0. The Balaban J connectivity index is 1.56. The zero-order valence-electron chi connectivity index (χ0n) is 14.7. The number of aryl methyl sites for hydroxylation is 1. The van der Waals surface area contributed by atoms with Crippen LogP contribution in [0.3, 0.4) is 0 Å². The van der Waals surface area contributed by atoms with Gasteiger partial charge in [-0.05, 0) is 48.4 Å². The molecule has 1 N–H and O–H groups in total. The molecule has 3 rings (SSSR count). The van der Waals surface area contributed by atoms with Crippen LogP contribution in [-0.4, -0.2) is 12.5 Å². The van der Waals surface area contributed by atoms with Gasteiger partial charge in [-0.15, -0.1) is 0 Å². The molecule has 0 unspecified atom stereocenters. The fourth-order valence-corrected chi connectivity index (χ4v) is 2.74. The third-order valence-electron chi connectivity index (χ3n) is 3.98. The summed E-state index contributed by atoms with van der Waals surface area (Å²) in [6.07, 6.45) is 0. The van der Waals surface area contributed by atoms with Gasteiger partial charge < -0.3 is 10.1 Å².